The van der Waals surface area contributed by atoms with E-state index in [1.165, 1.54) is 12.1 Å². The van der Waals surface area contributed by atoms with E-state index in [-0.39, 0.29) is 18.0 Å². The Morgan fingerprint density at radius 1 is 1.05 bits per heavy atom. The molecule has 21 heavy (non-hydrogen) atoms. The second kappa shape index (κ2) is 7.32. The van der Waals surface area contributed by atoms with Gasteiger partial charge in [0.15, 0.2) is 9.84 Å². The molecule has 0 saturated heterocycles. The first-order valence-electron chi connectivity index (χ1n) is 6.23. The molecule has 3 N–H and O–H groups in total. The van der Waals surface area contributed by atoms with Crippen LogP contribution in [0.15, 0.2) is 29.2 Å². The third-order valence-electron chi connectivity index (χ3n) is 2.70. The summed E-state index contributed by atoms with van der Waals surface area (Å²) in [5.74, 6) is 0. The molecule has 1 unspecified atom stereocenters. The first kappa shape index (κ1) is 18.1. The van der Waals surface area contributed by atoms with Crippen LogP contribution in [0.2, 0.25) is 0 Å². The second-order valence-corrected chi connectivity index (χ2v) is 8.58. The fraction of sp³-hybridized carbons (Fsp3) is 0.500. The van der Waals surface area contributed by atoms with Crippen molar-refractivity contribution >= 4 is 19.9 Å². The van der Waals surface area contributed by atoms with Crippen LogP contribution >= 0.6 is 0 Å². The summed E-state index contributed by atoms with van der Waals surface area (Å²) in [6, 6.07) is 5.99. The largest absolute Gasteiger partial charge is 0.387 e. The van der Waals surface area contributed by atoms with Crippen molar-refractivity contribution in [2.24, 2.45) is 0 Å². The molecule has 0 aliphatic heterocycles. The molecule has 0 aliphatic carbocycles. The van der Waals surface area contributed by atoms with Gasteiger partial charge in [0.1, 0.15) is 0 Å². The molecule has 1 aromatic carbocycles. The third kappa shape index (κ3) is 7.00. The number of nitrogens with one attached hydrogen (secondary N) is 2. The number of rotatable bonds is 8. The average molecular weight is 336 g/mol. The van der Waals surface area contributed by atoms with Gasteiger partial charge in [0.05, 0.1) is 17.3 Å². The molecule has 1 atom stereocenters. The first-order chi connectivity index (χ1) is 9.59. The van der Waals surface area contributed by atoms with E-state index in [2.05, 4.69) is 10.0 Å². The normalized spacial score (nSPS) is 14.0. The summed E-state index contributed by atoms with van der Waals surface area (Å²) < 4.78 is 46.6. The van der Waals surface area contributed by atoms with E-state index in [4.69, 9.17) is 0 Å². The molecule has 9 heteroatoms. The highest BCUT2D eigenvalue weighted by molar-refractivity contribution is 7.90. The van der Waals surface area contributed by atoms with Gasteiger partial charge in [-0.1, -0.05) is 12.1 Å². The van der Waals surface area contributed by atoms with Gasteiger partial charge >= 0.3 is 0 Å². The Balaban J connectivity index is 2.44. The van der Waals surface area contributed by atoms with Gasteiger partial charge in [-0.15, -0.1) is 0 Å². The van der Waals surface area contributed by atoms with Crippen molar-refractivity contribution in [3.8, 4) is 0 Å². The lowest BCUT2D eigenvalue weighted by molar-refractivity contribution is 0.175. The Bertz CT molecular complexity index is 653. The molecule has 0 saturated carbocycles. The summed E-state index contributed by atoms with van der Waals surface area (Å²) in [7, 11) is -6.45. The lowest BCUT2D eigenvalue weighted by atomic mass is 10.1. The van der Waals surface area contributed by atoms with E-state index in [1.807, 2.05) is 0 Å². The molecule has 1 rings (SSSR count). The molecule has 120 valence electrons. The van der Waals surface area contributed by atoms with Crippen molar-refractivity contribution in [2.75, 3.05) is 32.1 Å². The highest BCUT2D eigenvalue weighted by Crippen LogP contribution is 2.15. The standard InChI is InChI=1S/C12H20N2O5S2/c1-20(16,17)11-5-3-10(4-6-11)12(15)9-13-7-8-14-21(2,18)19/h3-6,12-15H,7-9H2,1-2H3. The summed E-state index contributed by atoms with van der Waals surface area (Å²) in [4.78, 5) is 0.198. The molecular formula is C12H20N2O5S2. The van der Waals surface area contributed by atoms with Gasteiger partial charge in [0.2, 0.25) is 10.0 Å². The Kier molecular flexibility index (Phi) is 6.29. The lowest BCUT2D eigenvalue weighted by Crippen LogP contribution is -2.32. The highest BCUT2D eigenvalue weighted by Gasteiger charge is 2.10. The molecule has 0 spiro atoms. The van der Waals surface area contributed by atoms with Crippen LogP contribution < -0.4 is 10.0 Å². The van der Waals surface area contributed by atoms with Crippen molar-refractivity contribution in [2.45, 2.75) is 11.0 Å². The minimum absolute atomic E-state index is 0.198. The van der Waals surface area contributed by atoms with Gasteiger partial charge in [-0.25, -0.2) is 21.6 Å². The molecule has 0 aromatic heterocycles. The smallest absolute Gasteiger partial charge is 0.208 e. The van der Waals surface area contributed by atoms with Crippen LogP contribution in [0.5, 0.6) is 0 Å². The van der Waals surface area contributed by atoms with Gasteiger partial charge in [-0.2, -0.15) is 0 Å². The van der Waals surface area contributed by atoms with Crippen molar-refractivity contribution in [1.29, 1.82) is 0 Å². The molecule has 0 bridgehead atoms. The maximum absolute atomic E-state index is 11.3. The predicted molar refractivity (Wildman–Crippen MR) is 80.2 cm³/mol. The number of benzene rings is 1. The summed E-state index contributed by atoms with van der Waals surface area (Å²) >= 11 is 0. The van der Waals surface area contributed by atoms with Crippen LogP contribution in [-0.2, 0) is 19.9 Å². The van der Waals surface area contributed by atoms with Gasteiger partial charge in [0, 0.05) is 25.9 Å². The van der Waals surface area contributed by atoms with Crippen molar-refractivity contribution in [3.63, 3.8) is 0 Å². The second-order valence-electron chi connectivity index (χ2n) is 4.73. The van der Waals surface area contributed by atoms with E-state index in [0.29, 0.717) is 12.1 Å². The van der Waals surface area contributed by atoms with Gasteiger partial charge < -0.3 is 10.4 Å². The molecule has 0 radical (unpaired) electrons. The third-order valence-corrected chi connectivity index (χ3v) is 4.55. The maximum Gasteiger partial charge on any atom is 0.208 e. The molecule has 0 amide bonds. The van der Waals surface area contributed by atoms with Gasteiger partial charge in [-0.05, 0) is 17.7 Å². The number of aliphatic hydroxyl groups excluding tert-OH is 1. The minimum atomic E-state index is -3.25. The zero-order valence-electron chi connectivity index (χ0n) is 11.9. The van der Waals surface area contributed by atoms with Crippen LogP contribution in [0.25, 0.3) is 0 Å². The average Bonchev–Trinajstić information content (AvgIpc) is 2.36. The predicted octanol–water partition coefficient (Wildman–Crippen LogP) is -0.738. The topological polar surface area (TPSA) is 113 Å². The van der Waals surface area contributed by atoms with Crippen molar-refractivity contribution in [3.05, 3.63) is 29.8 Å². The molecule has 0 aliphatic rings. The number of aliphatic hydroxyl groups is 1. The highest BCUT2D eigenvalue weighted by atomic mass is 32.2. The van der Waals surface area contributed by atoms with E-state index in [9.17, 15) is 21.9 Å². The van der Waals surface area contributed by atoms with Crippen molar-refractivity contribution in [1.82, 2.24) is 10.0 Å². The van der Waals surface area contributed by atoms with Crippen LogP contribution in [0.1, 0.15) is 11.7 Å². The molecule has 0 heterocycles. The van der Waals surface area contributed by atoms with Crippen molar-refractivity contribution < 1.29 is 21.9 Å². The van der Waals surface area contributed by atoms with E-state index in [0.717, 1.165) is 12.5 Å². The number of hydrogen-bond acceptors (Lipinski definition) is 6. The first-order valence-corrected chi connectivity index (χ1v) is 10.0. The number of sulfonamides is 1. The van der Waals surface area contributed by atoms with E-state index < -0.39 is 26.0 Å². The fourth-order valence-corrected chi connectivity index (χ4v) is 2.72. The van der Waals surface area contributed by atoms with Crippen LogP contribution in [0, 0.1) is 0 Å². The molecule has 0 fully saturated rings. The zero-order valence-corrected chi connectivity index (χ0v) is 13.5. The van der Waals surface area contributed by atoms with E-state index >= 15 is 0 Å². The maximum atomic E-state index is 11.3. The Hall–Kier alpha value is -1.00. The summed E-state index contributed by atoms with van der Waals surface area (Å²) in [6.07, 6.45) is 1.40. The minimum Gasteiger partial charge on any atom is -0.387 e. The fourth-order valence-electron chi connectivity index (χ4n) is 1.62. The molecular weight excluding hydrogens is 316 g/mol. The van der Waals surface area contributed by atoms with Gasteiger partial charge in [-0.3, -0.25) is 0 Å². The number of sulfone groups is 1. The van der Waals surface area contributed by atoms with Crippen LogP contribution in [0.4, 0.5) is 0 Å². The molecule has 7 nitrogen and oxygen atoms in total. The Morgan fingerprint density at radius 2 is 1.62 bits per heavy atom. The zero-order chi connectivity index (χ0) is 16.1. The molecule has 1 aromatic rings. The summed E-state index contributed by atoms with van der Waals surface area (Å²) in [5.41, 5.74) is 0.589. The summed E-state index contributed by atoms with van der Waals surface area (Å²) in [6.45, 7) is 0.855. The quantitative estimate of drug-likeness (QED) is 0.539. The Labute approximate surface area is 125 Å². The van der Waals surface area contributed by atoms with Gasteiger partial charge in [0.25, 0.3) is 0 Å². The SMILES string of the molecule is CS(=O)(=O)NCCNCC(O)c1ccc(S(C)(=O)=O)cc1. The van der Waals surface area contributed by atoms with Crippen LogP contribution in [0.3, 0.4) is 0 Å². The van der Waals surface area contributed by atoms with Crippen LogP contribution in [-0.4, -0.2) is 54.1 Å². The summed E-state index contributed by atoms with van der Waals surface area (Å²) in [5, 5.41) is 12.8. The Morgan fingerprint density at radius 3 is 2.10 bits per heavy atom. The van der Waals surface area contributed by atoms with E-state index in [1.54, 1.807) is 12.1 Å². The lowest BCUT2D eigenvalue weighted by Gasteiger charge is -2.12. The monoisotopic (exact) mass is 336 g/mol. The number of hydrogen-bond donors (Lipinski definition) is 3.